The summed E-state index contributed by atoms with van der Waals surface area (Å²) in [6.07, 6.45) is 15.1. The van der Waals surface area contributed by atoms with Crippen LogP contribution in [-0.4, -0.2) is 17.9 Å². The molecule has 1 aliphatic carbocycles. The Labute approximate surface area is 121 Å². The third kappa shape index (κ3) is 8.73. The van der Waals surface area contributed by atoms with E-state index in [2.05, 4.69) is 5.32 Å². The van der Waals surface area contributed by atoms with E-state index in [1.54, 1.807) is 0 Å². The van der Waals surface area contributed by atoms with Crippen molar-refractivity contribution in [1.82, 2.24) is 5.32 Å². The van der Waals surface area contributed by atoms with E-state index < -0.39 is 5.97 Å². The molecule has 0 unspecified atom stereocenters. The van der Waals surface area contributed by atoms with Crippen molar-refractivity contribution in [2.24, 2.45) is 0 Å². The molecule has 0 aromatic carbocycles. The summed E-state index contributed by atoms with van der Waals surface area (Å²) in [6, 6.07) is 0.174. The third-order valence-electron chi connectivity index (χ3n) is 3.82. The Hall–Kier alpha value is -1.32. The lowest BCUT2D eigenvalue weighted by Gasteiger charge is -2.18. The summed E-state index contributed by atoms with van der Waals surface area (Å²) in [4.78, 5) is 21.9. The molecule has 0 aliphatic heterocycles. The highest BCUT2D eigenvalue weighted by Gasteiger charge is 2.11. The number of carbonyl (C=O) groups is 2. The Morgan fingerprint density at radius 2 is 1.25 bits per heavy atom. The average molecular weight is 280 g/mol. The minimum atomic E-state index is -1.33. The van der Waals surface area contributed by atoms with E-state index in [0.29, 0.717) is 0 Å². The molecule has 0 aromatic rings. The summed E-state index contributed by atoms with van der Waals surface area (Å²) in [5, 5.41) is 13.2. The van der Waals surface area contributed by atoms with Crippen LogP contribution in [-0.2, 0) is 9.59 Å². The maximum Gasteiger partial charge on any atom is 0.244 e. The summed E-state index contributed by atoms with van der Waals surface area (Å²) >= 11 is 0. The smallest absolute Gasteiger partial charge is 0.244 e. The van der Waals surface area contributed by atoms with Gasteiger partial charge in [0.25, 0.3) is 0 Å². The van der Waals surface area contributed by atoms with Crippen LogP contribution in [0, 0.1) is 0 Å². The average Bonchev–Trinajstić information content (AvgIpc) is 2.39. The van der Waals surface area contributed by atoms with Gasteiger partial charge in [0.15, 0.2) is 0 Å². The second kappa shape index (κ2) is 10.5. The molecule has 0 aromatic heterocycles. The van der Waals surface area contributed by atoms with Gasteiger partial charge in [-0.2, -0.15) is 0 Å². The predicted octanol–water partition coefficient (Wildman–Crippen LogP) is 2.08. The van der Waals surface area contributed by atoms with Crippen molar-refractivity contribution in [2.45, 2.75) is 76.7 Å². The van der Waals surface area contributed by atoms with Crippen LogP contribution in [0.25, 0.3) is 0 Å². The zero-order chi connectivity index (χ0) is 14.6. The van der Waals surface area contributed by atoms with Gasteiger partial charge in [-0.05, 0) is 18.9 Å². The summed E-state index contributed by atoms with van der Waals surface area (Å²) in [7, 11) is 0. The molecule has 1 rings (SSSR count). The Morgan fingerprint density at radius 3 is 1.70 bits per heavy atom. The molecule has 4 nitrogen and oxygen atoms in total. The molecular weight excluding hydrogens is 254 g/mol. The van der Waals surface area contributed by atoms with Crippen molar-refractivity contribution >= 4 is 11.9 Å². The van der Waals surface area contributed by atoms with Gasteiger partial charge in [0.05, 0.1) is 5.97 Å². The molecule has 0 spiro atoms. The Bertz CT molecular complexity index is 314. The van der Waals surface area contributed by atoms with Gasteiger partial charge in [-0.15, -0.1) is 0 Å². The van der Waals surface area contributed by atoms with Crippen LogP contribution in [0.1, 0.15) is 70.6 Å². The first-order valence-electron chi connectivity index (χ1n) is 7.88. The molecule has 4 heteroatoms. The van der Waals surface area contributed by atoms with E-state index in [4.69, 9.17) is 0 Å². The van der Waals surface area contributed by atoms with Crippen LogP contribution in [0.15, 0.2) is 12.2 Å². The largest absolute Gasteiger partial charge is 0.545 e. The van der Waals surface area contributed by atoms with Crippen molar-refractivity contribution in [3.63, 3.8) is 0 Å². The zero-order valence-electron chi connectivity index (χ0n) is 12.2. The SMILES string of the molecule is O=C([O-])/C=C/C(=O)NC1CCCCCCCCCCC1. The van der Waals surface area contributed by atoms with E-state index in [-0.39, 0.29) is 11.9 Å². The lowest BCUT2D eigenvalue weighted by Crippen LogP contribution is -2.34. The maximum atomic E-state index is 11.6. The fourth-order valence-electron chi connectivity index (χ4n) is 2.70. The quantitative estimate of drug-likeness (QED) is 0.805. The number of aliphatic carboxylic acids is 1. The number of carbonyl (C=O) groups excluding carboxylic acids is 2. The van der Waals surface area contributed by atoms with Crippen LogP contribution in [0.3, 0.4) is 0 Å². The standard InChI is InChI=1S/C16H27NO3/c18-15(12-13-16(19)20)17-14-10-8-6-4-2-1-3-5-7-9-11-14/h12-14H,1-11H2,(H,17,18)(H,19,20)/p-1/b13-12+. The second-order valence-electron chi connectivity index (χ2n) is 5.62. The lowest BCUT2D eigenvalue weighted by atomic mass is 9.98. The van der Waals surface area contributed by atoms with Gasteiger partial charge >= 0.3 is 0 Å². The first-order valence-corrected chi connectivity index (χ1v) is 7.88. The van der Waals surface area contributed by atoms with Crippen molar-refractivity contribution in [2.75, 3.05) is 0 Å². The Kier molecular flexibility index (Phi) is 8.76. The minimum Gasteiger partial charge on any atom is -0.545 e. The summed E-state index contributed by atoms with van der Waals surface area (Å²) < 4.78 is 0. The molecule has 1 aliphatic rings. The van der Waals surface area contributed by atoms with E-state index >= 15 is 0 Å². The molecule has 1 saturated carbocycles. The monoisotopic (exact) mass is 280 g/mol. The number of rotatable bonds is 3. The molecule has 20 heavy (non-hydrogen) atoms. The van der Waals surface area contributed by atoms with Gasteiger partial charge in [-0.1, -0.05) is 57.8 Å². The predicted molar refractivity (Wildman–Crippen MR) is 76.9 cm³/mol. The molecule has 114 valence electrons. The van der Waals surface area contributed by atoms with E-state index in [9.17, 15) is 14.7 Å². The summed E-state index contributed by atoms with van der Waals surface area (Å²) in [5.41, 5.74) is 0. The second-order valence-corrected chi connectivity index (χ2v) is 5.62. The van der Waals surface area contributed by atoms with Crippen molar-refractivity contribution < 1.29 is 14.7 Å². The Morgan fingerprint density at radius 1 is 0.800 bits per heavy atom. The molecule has 0 saturated heterocycles. The first-order chi connectivity index (χ1) is 9.68. The van der Waals surface area contributed by atoms with Gasteiger partial charge < -0.3 is 15.2 Å². The zero-order valence-corrected chi connectivity index (χ0v) is 12.2. The number of hydrogen-bond donors (Lipinski definition) is 1. The minimum absolute atomic E-state index is 0.174. The highest BCUT2D eigenvalue weighted by molar-refractivity contribution is 5.93. The van der Waals surface area contributed by atoms with Crippen LogP contribution in [0.2, 0.25) is 0 Å². The molecule has 0 atom stereocenters. The molecule has 1 fully saturated rings. The third-order valence-corrected chi connectivity index (χ3v) is 3.82. The van der Waals surface area contributed by atoms with Gasteiger partial charge in [-0.25, -0.2) is 0 Å². The highest BCUT2D eigenvalue weighted by atomic mass is 16.4. The van der Waals surface area contributed by atoms with Crippen LogP contribution in [0.5, 0.6) is 0 Å². The molecule has 0 heterocycles. The molecule has 0 radical (unpaired) electrons. The summed E-state index contributed by atoms with van der Waals surface area (Å²) in [6.45, 7) is 0. The van der Waals surface area contributed by atoms with Crippen LogP contribution in [0.4, 0.5) is 0 Å². The van der Waals surface area contributed by atoms with Gasteiger partial charge in [0, 0.05) is 12.1 Å². The lowest BCUT2D eigenvalue weighted by molar-refractivity contribution is -0.297. The number of carboxylic acids is 1. The molecule has 0 bridgehead atoms. The van der Waals surface area contributed by atoms with Gasteiger partial charge in [0.2, 0.25) is 5.91 Å². The fourth-order valence-corrected chi connectivity index (χ4v) is 2.70. The normalized spacial score (nSPS) is 20.0. The number of nitrogens with one attached hydrogen (secondary N) is 1. The van der Waals surface area contributed by atoms with E-state index in [1.165, 1.54) is 44.9 Å². The van der Waals surface area contributed by atoms with E-state index in [0.717, 1.165) is 37.8 Å². The topological polar surface area (TPSA) is 69.2 Å². The van der Waals surface area contributed by atoms with Gasteiger partial charge in [0.1, 0.15) is 0 Å². The molecule has 1 N–H and O–H groups in total. The van der Waals surface area contributed by atoms with Crippen molar-refractivity contribution in [1.29, 1.82) is 0 Å². The number of amides is 1. The fraction of sp³-hybridized carbons (Fsp3) is 0.750. The van der Waals surface area contributed by atoms with Crippen LogP contribution >= 0.6 is 0 Å². The number of carboxylic acid groups (broad SMARTS) is 1. The Balaban J connectivity index is 2.37. The molecule has 1 amide bonds. The van der Waals surface area contributed by atoms with Crippen molar-refractivity contribution in [3.8, 4) is 0 Å². The summed E-state index contributed by atoms with van der Waals surface area (Å²) in [5.74, 6) is -1.66. The molecular formula is C16H26NO3-. The maximum absolute atomic E-state index is 11.6. The van der Waals surface area contributed by atoms with Gasteiger partial charge in [-0.3, -0.25) is 4.79 Å². The van der Waals surface area contributed by atoms with Crippen molar-refractivity contribution in [3.05, 3.63) is 12.2 Å². The number of hydrogen-bond acceptors (Lipinski definition) is 3. The highest BCUT2D eigenvalue weighted by Crippen LogP contribution is 2.16. The van der Waals surface area contributed by atoms with Crippen LogP contribution < -0.4 is 10.4 Å². The van der Waals surface area contributed by atoms with E-state index in [1.807, 2.05) is 0 Å². The first kappa shape index (κ1) is 16.7.